The van der Waals surface area contributed by atoms with Crippen LogP contribution < -0.4 is 26.6 Å². The number of carbonyl (C=O) groups excluding carboxylic acids is 4. The van der Waals surface area contributed by atoms with E-state index in [9.17, 15) is 19.2 Å². The fourth-order valence-corrected chi connectivity index (χ4v) is 2.91. The molecule has 0 aromatic heterocycles. The second-order valence-electron chi connectivity index (χ2n) is 7.12. The zero-order valence-corrected chi connectivity index (χ0v) is 17.7. The van der Waals surface area contributed by atoms with Crippen LogP contribution in [0.4, 0.5) is 4.79 Å². The Hall–Kier alpha value is -3.62. The Kier molecular flexibility index (Phi) is 9.28. The molecule has 1 aromatic rings. The summed E-state index contributed by atoms with van der Waals surface area (Å²) in [6, 6.07) is 6.57. The molecule has 0 fully saturated rings. The third-order valence-corrected chi connectivity index (χ3v) is 4.56. The molecule has 0 saturated heterocycles. The van der Waals surface area contributed by atoms with Crippen molar-refractivity contribution in [3.63, 3.8) is 0 Å². The highest BCUT2D eigenvalue weighted by Gasteiger charge is 2.26. The number of nitrogens with one attached hydrogen (secondary N) is 5. The molecule has 2 rings (SSSR count). The maximum absolute atomic E-state index is 13.0. The highest BCUT2D eigenvalue weighted by molar-refractivity contribution is 5.93. The second-order valence-corrected chi connectivity index (χ2v) is 7.12. The molecule has 9 heteroatoms. The number of rotatable bonds is 5. The lowest BCUT2D eigenvalue weighted by Gasteiger charge is -2.22. The molecule has 0 radical (unpaired) electrons. The van der Waals surface area contributed by atoms with Crippen LogP contribution in [0.1, 0.15) is 18.9 Å². The van der Waals surface area contributed by atoms with E-state index in [0.717, 1.165) is 5.56 Å². The zero-order valence-electron chi connectivity index (χ0n) is 17.7. The number of benzene rings is 1. The summed E-state index contributed by atoms with van der Waals surface area (Å²) in [7, 11) is 1.46. The topological polar surface area (TPSA) is 128 Å². The monoisotopic (exact) mass is 427 g/mol. The number of amides is 5. The average molecular weight is 428 g/mol. The first-order valence-corrected chi connectivity index (χ1v) is 10.1. The van der Waals surface area contributed by atoms with Crippen LogP contribution in [0.3, 0.4) is 0 Å². The molecule has 0 spiro atoms. The molecule has 1 unspecified atom stereocenters. The maximum Gasteiger partial charge on any atom is 0.315 e. The van der Waals surface area contributed by atoms with Crippen LogP contribution in [0.2, 0.25) is 0 Å². The molecule has 3 atom stereocenters. The SMILES string of the molecule is CNC(=O)NC(Cc1ccccc1)C(=O)N[C@H]1/C=C/CCNC(=O)/C=C/[C@H](C)NC1=O. The Morgan fingerprint density at radius 2 is 1.90 bits per heavy atom. The van der Waals surface area contributed by atoms with Gasteiger partial charge in [0.05, 0.1) is 0 Å². The van der Waals surface area contributed by atoms with Gasteiger partial charge in [-0.15, -0.1) is 0 Å². The number of hydrogen-bond acceptors (Lipinski definition) is 4. The average Bonchev–Trinajstić information content (AvgIpc) is 2.75. The predicted molar refractivity (Wildman–Crippen MR) is 117 cm³/mol. The van der Waals surface area contributed by atoms with Crippen LogP contribution in [0, 0.1) is 0 Å². The third-order valence-electron chi connectivity index (χ3n) is 4.56. The van der Waals surface area contributed by atoms with Gasteiger partial charge >= 0.3 is 6.03 Å². The summed E-state index contributed by atoms with van der Waals surface area (Å²) >= 11 is 0. The molecule has 1 aliphatic heterocycles. The molecule has 0 aliphatic carbocycles. The number of hydrogen-bond donors (Lipinski definition) is 5. The van der Waals surface area contributed by atoms with Crippen LogP contribution in [-0.4, -0.2) is 55.5 Å². The number of carbonyl (C=O) groups is 4. The van der Waals surface area contributed by atoms with Gasteiger partial charge in [0, 0.05) is 32.1 Å². The Morgan fingerprint density at radius 3 is 2.61 bits per heavy atom. The third kappa shape index (κ3) is 8.33. The minimum absolute atomic E-state index is 0.232. The van der Waals surface area contributed by atoms with Gasteiger partial charge in [-0.25, -0.2) is 4.79 Å². The summed E-state index contributed by atoms with van der Waals surface area (Å²) in [6.07, 6.45) is 7.01. The second kappa shape index (κ2) is 12.2. The molecule has 166 valence electrons. The normalized spacial score (nSPS) is 22.4. The van der Waals surface area contributed by atoms with Crippen LogP contribution in [-0.2, 0) is 20.8 Å². The zero-order chi connectivity index (χ0) is 22.6. The van der Waals surface area contributed by atoms with Crippen molar-refractivity contribution in [1.82, 2.24) is 26.6 Å². The Balaban J connectivity index is 2.15. The lowest BCUT2D eigenvalue weighted by atomic mass is 10.0. The van der Waals surface area contributed by atoms with Crippen molar-refractivity contribution < 1.29 is 19.2 Å². The van der Waals surface area contributed by atoms with Crippen LogP contribution in [0.15, 0.2) is 54.6 Å². The van der Waals surface area contributed by atoms with Gasteiger partial charge in [-0.1, -0.05) is 48.6 Å². The van der Waals surface area contributed by atoms with Gasteiger partial charge in [0.2, 0.25) is 17.7 Å². The van der Waals surface area contributed by atoms with E-state index in [4.69, 9.17) is 0 Å². The van der Waals surface area contributed by atoms with Crippen molar-refractivity contribution in [1.29, 1.82) is 0 Å². The molecular weight excluding hydrogens is 398 g/mol. The first-order chi connectivity index (χ1) is 14.9. The van der Waals surface area contributed by atoms with E-state index in [1.165, 1.54) is 13.1 Å². The minimum atomic E-state index is -0.928. The van der Waals surface area contributed by atoms with Gasteiger partial charge in [-0.2, -0.15) is 0 Å². The molecule has 5 N–H and O–H groups in total. The van der Waals surface area contributed by atoms with Gasteiger partial charge in [-0.05, 0) is 18.9 Å². The summed E-state index contributed by atoms with van der Waals surface area (Å²) < 4.78 is 0. The van der Waals surface area contributed by atoms with Crippen molar-refractivity contribution in [2.75, 3.05) is 13.6 Å². The molecule has 0 saturated carbocycles. The van der Waals surface area contributed by atoms with Crippen molar-refractivity contribution in [3.05, 3.63) is 60.2 Å². The fraction of sp³-hybridized carbons (Fsp3) is 0.364. The number of urea groups is 1. The molecule has 0 bridgehead atoms. The van der Waals surface area contributed by atoms with E-state index in [1.54, 1.807) is 25.2 Å². The maximum atomic E-state index is 13.0. The summed E-state index contributed by atoms with van der Waals surface area (Å²) in [5.74, 6) is -1.13. The largest absolute Gasteiger partial charge is 0.352 e. The van der Waals surface area contributed by atoms with E-state index in [-0.39, 0.29) is 12.3 Å². The standard InChI is InChI=1S/C22H29N5O4/c1-15-11-12-19(28)24-13-7-6-10-17(20(29)25-15)26-21(30)18(27-22(31)23-2)14-16-8-4-3-5-9-16/h3-6,8-12,15,17-18H,7,13-14H2,1-2H3,(H,24,28)(H,25,29)(H,26,30)(H2,23,27,31)/b10-6+,12-11+/t15-,17-,18?/m0/s1. The highest BCUT2D eigenvalue weighted by atomic mass is 16.2. The first kappa shape index (κ1) is 23.7. The Labute approximate surface area is 181 Å². The summed E-state index contributed by atoms with van der Waals surface area (Å²) in [5.41, 5.74) is 0.868. The summed E-state index contributed by atoms with van der Waals surface area (Å²) in [6.45, 7) is 2.13. The van der Waals surface area contributed by atoms with Crippen molar-refractivity contribution >= 4 is 23.8 Å². The van der Waals surface area contributed by atoms with Crippen molar-refractivity contribution in [3.8, 4) is 0 Å². The fourth-order valence-electron chi connectivity index (χ4n) is 2.91. The molecule has 1 heterocycles. The van der Waals surface area contributed by atoms with Gasteiger partial charge < -0.3 is 26.6 Å². The smallest absolute Gasteiger partial charge is 0.315 e. The Bertz CT molecular complexity index is 838. The van der Waals surface area contributed by atoms with Crippen molar-refractivity contribution in [2.45, 2.75) is 37.9 Å². The molecule has 1 aromatic carbocycles. The van der Waals surface area contributed by atoms with Gasteiger partial charge in [-0.3, -0.25) is 14.4 Å². The predicted octanol–water partition coefficient (Wildman–Crippen LogP) is 0.149. The highest BCUT2D eigenvalue weighted by Crippen LogP contribution is 2.05. The Morgan fingerprint density at radius 1 is 1.16 bits per heavy atom. The van der Waals surface area contributed by atoms with E-state index in [0.29, 0.717) is 13.0 Å². The molecule has 31 heavy (non-hydrogen) atoms. The molecule has 9 nitrogen and oxygen atoms in total. The van der Waals surface area contributed by atoms with E-state index >= 15 is 0 Å². The first-order valence-electron chi connectivity index (χ1n) is 10.1. The lowest BCUT2D eigenvalue weighted by molar-refractivity contribution is -0.129. The van der Waals surface area contributed by atoms with Gasteiger partial charge in [0.1, 0.15) is 12.1 Å². The quantitative estimate of drug-likeness (QED) is 0.429. The van der Waals surface area contributed by atoms with Crippen molar-refractivity contribution in [2.24, 2.45) is 0 Å². The van der Waals surface area contributed by atoms with Crippen LogP contribution in [0.25, 0.3) is 0 Å². The van der Waals surface area contributed by atoms with E-state index in [1.807, 2.05) is 30.3 Å². The van der Waals surface area contributed by atoms with E-state index in [2.05, 4.69) is 26.6 Å². The summed E-state index contributed by atoms with van der Waals surface area (Å²) in [4.78, 5) is 49.2. The van der Waals surface area contributed by atoms with Gasteiger partial charge in [0.25, 0.3) is 0 Å². The summed E-state index contributed by atoms with van der Waals surface area (Å²) in [5, 5.41) is 13.2. The minimum Gasteiger partial charge on any atom is -0.352 e. The molecular formula is C22H29N5O4. The van der Waals surface area contributed by atoms with Crippen LogP contribution in [0.5, 0.6) is 0 Å². The van der Waals surface area contributed by atoms with Crippen LogP contribution >= 0.6 is 0 Å². The molecule has 5 amide bonds. The van der Waals surface area contributed by atoms with Gasteiger partial charge in [0.15, 0.2) is 0 Å². The lowest BCUT2D eigenvalue weighted by Crippen LogP contribution is -2.55. The van der Waals surface area contributed by atoms with E-state index < -0.39 is 36.0 Å². The molecule has 1 aliphatic rings.